The van der Waals surface area contributed by atoms with Crippen LogP contribution in [-0.2, 0) is 25.8 Å². The van der Waals surface area contributed by atoms with Gasteiger partial charge in [0.05, 0.1) is 5.25 Å². The first kappa shape index (κ1) is 21.0. The summed E-state index contributed by atoms with van der Waals surface area (Å²) >= 11 is 12.0. The molecule has 0 unspecified atom stereocenters. The van der Waals surface area contributed by atoms with E-state index in [0.717, 1.165) is 5.56 Å². The van der Waals surface area contributed by atoms with Crippen LogP contribution in [0.15, 0.2) is 18.2 Å². The van der Waals surface area contributed by atoms with Gasteiger partial charge in [0, 0.05) is 36.6 Å². The largest absolute Gasteiger partial charge is 0.358 e. The van der Waals surface area contributed by atoms with Gasteiger partial charge in [-0.25, -0.2) is 8.42 Å². The molecule has 0 saturated carbocycles. The molecule has 1 aliphatic heterocycles. The number of amides is 2. The molecule has 2 rings (SSSR count). The lowest BCUT2D eigenvalue weighted by Gasteiger charge is -2.31. The Kier molecular flexibility index (Phi) is 7.32. The number of carbonyl (C=O) groups is 2. The Hall–Kier alpha value is -1.31. The van der Waals surface area contributed by atoms with Crippen LogP contribution in [0.4, 0.5) is 0 Å². The third-order valence-corrected chi connectivity index (χ3v) is 7.28. The number of nitrogens with zero attached hydrogens (tertiary/aromatic N) is 1. The van der Waals surface area contributed by atoms with E-state index < -0.39 is 26.7 Å². The molecule has 0 atom stereocenters. The molecule has 1 saturated heterocycles. The van der Waals surface area contributed by atoms with E-state index in [1.165, 1.54) is 7.05 Å². The Labute approximate surface area is 163 Å². The topological polar surface area (TPSA) is 83.6 Å². The van der Waals surface area contributed by atoms with E-state index in [-0.39, 0.29) is 5.91 Å². The van der Waals surface area contributed by atoms with Crippen molar-refractivity contribution in [3.63, 3.8) is 0 Å². The summed E-state index contributed by atoms with van der Waals surface area (Å²) < 4.78 is 24.4. The minimum atomic E-state index is -3.49. The number of piperidine rings is 1. The van der Waals surface area contributed by atoms with Crippen LogP contribution in [0.3, 0.4) is 0 Å². The summed E-state index contributed by atoms with van der Waals surface area (Å²) in [5.41, 5.74) is 0.854. The van der Waals surface area contributed by atoms with Crippen molar-refractivity contribution in [3.8, 4) is 0 Å². The number of likely N-dealkylation sites (tertiary alicyclic amines) is 1. The highest BCUT2D eigenvalue weighted by atomic mass is 35.5. The summed E-state index contributed by atoms with van der Waals surface area (Å²) in [5, 5.41) is 2.83. The van der Waals surface area contributed by atoms with E-state index in [1.54, 1.807) is 23.1 Å². The van der Waals surface area contributed by atoms with Crippen LogP contribution in [0.1, 0.15) is 24.8 Å². The molecule has 1 N–H and O–H groups in total. The number of nitrogens with one attached hydrogen (secondary N) is 1. The molecule has 1 aromatic rings. The molecule has 26 heavy (non-hydrogen) atoms. The zero-order chi connectivity index (χ0) is 19.3. The first-order valence-corrected chi connectivity index (χ1v) is 10.8. The molecule has 0 spiro atoms. The average Bonchev–Trinajstić information content (AvgIpc) is 2.60. The molecule has 0 aromatic heterocycles. The number of benzene rings is 1. The normalized spacial score (nSPS) is 15.7. The van der Waals surface area contributed by atoms with E-state index in [4.69, 9.17) is 23.2 Å². The van der Waals surface area contributed by atoms with Gasteiger partial charge in [-0.05, 0) is 37.0 Å². The minimum Gasteiger partial charge on any atom is -0.358 e. The summed E-state index contributed by atoms with van der Waals surface area (Å²) in [6, 6.07) is 5.18. The number of sulfone groups is 1. The SMILES string of the molecule is CNC(=O)CS(=O)(=O)C1CCN(C(=O)CCc2ccc(Cl)cc2Cl)CC1. The van der Waals surface area contributed by atoms with Crippen molar-refractivity contribution in [3.05, 3.63) is 33.8 Å². The van der Waals surface area contributed by atoms with Gasteiger partial charge in [0.1, 0.15) is 5.75 Å². The van der Waals surface area contributed by atoms with Crippen LogP contribution in [0, 0.1) is 0 Å². The molecule has 9 heteroatoms. The molecule has 1 heterocycles. The highest BCUT2D eigenvalue weighted by molar-refractivity contribution is 7.92. The van der Waals surface area contributed by atoms with E-state index in [2.05, 4.69) is 5.32 Å². The van der Waals surface area contributed by atoms with Crippen LogP contribution in [0.5, 0.6) is 0 Å². The van der Waals surface area contributed by atoms with Crippen LogP contribution < -0.4 is 5.32 Å². The van der Waals surface area contributed by atoms with Gasteiger partial charge < -0.3 is 10.2 Å². The van der Waals surface area contributed by atoms with Crippen molar-refractivity contribution in [2.75, 3.05) is 25.9 Å². The molecule has 0 radical (unpaired) electrons. The Balaban J connectivity index is 1.85. The summed E-state index contributed by atoms with van der Waals surface area (Å²) in [4.78, 5) is 25.4. The second kappa shape index (κ2) is 9.06. The van der Waals surface area contributed by atoms with Gasteiger partial charge >= 0.3 is 0 Å². The molecular weight excluding hydrogens is 399 g/mol. The molecule has 1 fully saturated rings. The maximum absolute atomic E-state index is 12.4. The number of hydrogen-bond acceptors (Lipinski definition) is 4. The lowest BCUT2D eigenvalue weighted by Crippen LogP contribution is -2.44. The maximum Gasteiger partial charge on any atom is 0.234 e. The molecule has 144 valence electrons. The van der Waals surface area contributed by atoms with Crippen molar-refractivity contribution < 1.29 is 18.0 Å². The van der Waals surface area contributed by atoms with Gasteiger partial charge in [0.25, 0.3) is 0 Å². The van der Waals surface area contributed by atoms with Crippen molar-refractivity contribution in [2.24, 2.45) is 0 Å². The van der Waals surface area contributed by atoms with Gasteiger partial charge in [-0.2, -0.15) is 0 Å². The fourth-order valence-corrected chi connectivity index (χ4v) is 5.14. The fourth-order valence-electron chi connectivity index (χ4n) is 2.96. The monoisotopic (exact) mass is 420 g/mol. The number of rotatable bonds is 6. The summed E-state index contributed by atoms with van der Waals surface area (Å²) in [6.45, 7) is 0.760. The molecule has 0 aliphatic carbocycles. The first-order chi connectivity index (χ1) is 12.2. The van der Waals surface area contributed by atoms with E-state index in [0.29, 0.717) is 48.8 Å². The second-order valence-electron chi connectivity index (χ2n) is 6.30. The standard InChI is InChI=1S/C17H22Cl2N2O4S/c1-20-16(22)11-26(24,25)14-6-8-21(9-7-14)17(23)5-3-12-2-4-13(18)10-15(12)19/h2,4,10,14H,3,5-9,11H2,1H3,(H,20,22). The van der Waals surface area contributed by atoms with Gasteiger partial charge in [-0.3, -0.25) is 9.59 Å². The van der Waals surface area contributed by atoms with Gasteiger partial charge in [-0.1, -0.05) is 29.3 Å². The molecule has 1 aromatic carbocycles. The van der Waals surface area contributed by atoms with Crippen molar-refractivity contribution in [1.29, 1.82) is 0 Å². The third kappa shape index (κ3) is 5.59. The van der Waals surface area contributed by atoms with Crippen LogP contribution in [0.2, 0.25) is 10.0 Å². The van der Waals surface area contributed by atoms with E-state index in [9.17, 15) is 18.0 Å². The van der Waals surface area contributed by atoms with Gasteiger partial charge in [0.2, 0.25) is 11.8 Å². The second-order valence-corrected chi connectivity index (χ2v) is 9.42. The number of carbonyl (C=O) groups excluding carboxylic acids is 2. The molecule has 1 aliphatic rings. The predicted molar refractivity (Wildman–Crippen MR) is 102 cm³/mol. The summed E-state index contributed by atoms with van der Waals surface area (Å²) in [7, 11) is -2.08. The Morgan fingerprint density at radius 2 is 1.88 bits per heavy atom. The van der Waals surface area contributed by atoms with E-state index >= 15 is 0 Å². The van der Waals surface area contributed by atoms with Crippen LogP contribution in [0.25, 0.3) is 0 Å². The van der Waals surface area contributed by atoms with Crippen molar-refractivity contribution in [2.45, 2.75) is 30.9 Å². The molecule has 0 bridgehead atoms. The maximum atomic E-state index is 12.4. The molecule has 2 amide bonds. The minimum absolute atomic E-state index is 0.0295. The van der Waals surface area contributed by atoms with Crippen LogP contribution >= 0.6 is 23.2 Å². The Bertz CT molecular complexity index is 775. The Morgan fingerprint density at radius 3 is 2.46 bits per heavy atom. The van der Waals surface area contributed by atoms with Gasteiger partial charge in [0.15, 0.2) is 9.84 Å². The number of hydrogen-bond donors (Lipinski definition) is 1. The average molecular weight is 421 g/mol. The van der Waals surface area contributed by atoms with Crippen molar-refractivity contribution in [1.82, 2.24) is 10.2 Å². The quantitative estimate of drug-likeness (QED) is 0.763. The molecular formula is C17H22Cl2N2O4S. The van der Waals surface area contributed by atoms with Crippen LogP contribution in [-0.4, -0.2) is 56.3 Å². The highest BCUT2D eigenvalue weighted by Crippen LogP contribution is 2.23. The summed E-state index contributed by atoms with van der Waals surface area (Å²) in [6.07, 6.45) is 1.51. The van der Waals surface area contributed by atoms with Crippen molar-refractivity contribution >= 4 is 44.9 Å². The predicted octanol–water partition coefficient (Wildman–Crippen LogP) is 2.08. The zero-order valence-corrected chi connectivity index (χ0v) is 16.8. The lowest BCUT2D eigenvalue weighted by molar-refractivity contribution is -0.132. The first-order valence-electron chi connectivity index (χ1n) is 8.37. The number of aryl methyl sites for hydroxylation is 1. The fraction of sp³-hybridized carbons (Fsp3) is 0.529. The lowest BCUT2D eigenvalue weighted by atomic mass is 10.1. The molecule has 6 nitrogen and oxygen atoms in total. The zero-order valence-electron chi connectivity index (χ0n) is 14.5. The summed E-state index contributed by atoms with van der Waals surface area (Å²) in [5.74, 6) is -1.04. The third-order valence-electron chi connectivity index (χ3n) is 4.54. The number of halogens is 2. The van der Waals surface area contributed by atoms with Gasteiger partial charge in [-0.15, -0.1) is 0 Å². The Morgan fingerprint density at radius 1 is 1.23 bits per heavy atom. The van der Waals surface area contributed by atoms with E-state index in [1.807, 2.05) is 0 Å². The smallest absolute Gasteiger partial charge is 0.234 e. The highest BCUT2D eigenvalue weighted by Gasteiger charge is 2.32.